The molecule has 2 saturated heterocycles. The van der Waals surface area contributed by atoms with Crippen LogP contribution in [0.25, 0.3) is 0 Å². The van der Waals surface area contributed by atoms with Crippen LogP contribution in [0.2, 0.25) is 0 Å². The summed E-state index contributed by atoms with van der Waals surface area (Å²) in [6.07, 6.45) is 5.10. The zero-order chi connectivity index (χ0) is 20.2. The summed E-state index contributed by atoms with van der Waals surface area (Å²) < 4.78 is 0. The van der Waals surface area contributed by atoms with Gasteiger partial charge in [0, 0.05) is 57.6 Å². The number of carbonyl (C=O) groups is 1. The highest BCUT2D eigenvalue weighted by molar-refractivity contribution is 6.00. The van der Waals surface area contributed by atoms with Gasteiger partial charge in [0.1, 0.15) is 5.82 Å². The minimum absolute atomic E-state index is 0.0405. The van der Waals surface area contributed by atoms with E-state index >= 15 is 0 Å². The Bertz CT molecular complexity index is 875. The molecule has 8 nitrogen and oxygen atoms in total. The summed E-state index contributed by atoms with van der Waals surface area (Å²) in [7, 11) is 0. The number of nitrogens with zero attached hydrogens (tertiary/aromatic N) is 5. The fraction of sp³-hybridized carbons (Fsp3) is 0.429. The quantitative estimate of drug-likeness (QED) is 0.585. The molecule has 0 saturated carbocycles. The standard InChI is InChI=1S/C21H25N5O3/c27-21(25-14-12-24(13-15-25)20-6-2-3-9-22-20)18-16-17(26(28)29)7-8-19(18)23-10-4-1-5-11-23/h2-3,6-9,16H,1,4-5,10-15H2. The summed E-state index contributed by atoms with van der Waals surface area (Å²) >= 11 is 0. The van der Waals surface area contributed by atoms with Crippen molar-refractivity contribution in [3.63, 3.8) is 0 Å². The first-order valence-electron chi connectivity index (χ1n) is 10.1. The minimum Gasteiger partial charge on any atom is -0.371 e. The molecule has 2 aliphatic rings. The van der Waals surface area contributed by atoms with Crippen molar-refractivity contribution in [2.24, 2.45) is 0 Å². The zero-order valence-corrected chi connectivity index (χ0v) is 16.4. The number of piperazine rings is 1. The summed E-state index contributed by atoms with van der Waals surface area (Å²) in [6.45, 7) is 4.28. The number of pyridine rings is 1. The Labute approximate surface area is 169 Å². The number of piperidine rings is 1. The second-order valence-electron chi connectivity index (χ2n) is 7.47. The van der Waals surface area contributed by atoms with E-state index in [1.54, 1.807) is 17.2 Å². The largest absolute Gasteiger partial charge is 0.371 e. The molecule has 29 heavy (non-hydrogen) atoms. The number of carbonyl (C=O) groups excluding carboxylic acids is 1. The zero-order valence-electron chi connectivity index (χ0n) is 16.4. The third-order valence-electron chi connectivity index (χ3n) is 5.66. The third-order valence-corrected chi connectivity index (χ3v) is 5.66. The second kappa shape index (κ2) is 8.46. The Morgan fingerprint density at radius 2 is 1.69 bits per heavy atom. The summed E-state index contributed by atoms with van der Waals surface area (Å²) in [5.41, 5.74) is 1.21. The van der Waals surface area contributed by atoms with E-state index in [9.17, 15) is 14.9 Å². The highest BCUT2D eigenvalue weighted by Crippen LogP contribution is 2.29. The lowest BCUT2D eigenvalue weighted by atomic mass is 10.0. The highest BCUT2D eigenvalue weighted by atomic mass is 16.6. The van der Waals surface area contributed by atoms with Gasteiger partial charge in [-0.15, -0.1) is 0 Å². The molecule has 0 spiro atoms. The van der Waals surface area contributed by atoms with Gasteiger partial charge in [-0.3, -0.25) is 14.9 Å². The van der Waals surface area contributed by atoms with Crippen molar-refractivity contribution >= 4 is 23.1 Å². The molecule has 1 aromatic heterocycles. The van der Waals surface area contributed by atoms with Gasteiger partial charge in [0.2, 0.25) is 0 Å². The lowest BCUT2D eigenvalue weighted by Gasteiger charge is -2.36. The van der Waals surface area contributed by atoms with Crippen molar-refractivity contribution in [2.75, 3.05) is 49.1 Å². The summed E-state index contributed by atoms with van der Waals surface area (Å²) in [5.74, 6) is 0.777. The minimum atomic E-state index is -0.435. The molecule has 3 heterocycles. The van der Waals surface area contributed by atoms with Crippen molar-refractivity contribution in [1.82, 2.24) is 9.88 Å². The van der Waals surface area contributed by atoms with Crippen LogP contribution in [0.4, 0.5) is 17.2 Å². The molecule has 2 aromatic rings. The van der Waals surface area contributed by atoms with Crippen LogP contribution < -0.4 is 9.80 Å². The SMILES string of the molecule is O=C(c1cc([N+](=O)[O-])ccc1N1CCCCC1)N1CCN(c2ccccn2)CC1. The first kappa shape index (κ1) is 19.2. The molecule has 1 aromatic carbocycles. The molecule has 0 radical (unpaired) electrons. The fourth-order valence-electron chi connectivity index (χ4n) is 4.07. The molecule has 0 bridgehead atoms. The highest BCUT2D eigenvalue weighted by Gasteiger charge is 2.28. The van der Waals surface area contributed by atoms with Gasteiger partial charge in [0.05, 0.1) is 16.2 Å². The van der Waals surface area contributed by atoms with Gasteiger partial charge < -0.3 is 14.7 Å². The molecule has 8 heteroatoms. The van der Waals surface area contributed by atoms with E-state index in [0.29, 0.717) is 31.7 Å². The Kier molecular flexibility index (Phi) is 5.59. The van der Waals surface area contributed by atoms with Crippen LogP contribution in [0.3, 0.4) is 0 Å². The van der Waals surface area contributed by atoms with Crippen molar-refractivity contribution in [2.45, 2.75) is 19.3 Å². The number of aromatic nitrogens is 1. The molecule has 2 fully saturated rings. The van der Waals surface area contributed by atoms with Gasteiger partial charge in [-0.2, -0.15) is 0 Å². The van der Waals surface area contributed by atoms with Crippen LogP contribution in [0.5, 0.6) is 0 Å². The lowest BCUT2D eigenvalue weighted by Crippen LogP contribution is -2.49. The summed E-state index contributed by atoms with van der Waals surface area (Å²) in [4.78, 5) is 34.7. The summed E-state index contributed by atoms with van der Waals surface area (Å²) in [5, 5.41) is 11.3. The Morgan fingerprint density at radius 1 is 0.931 bits per heavy atom. The number of rotatable bonds is 4. The number of non-ortho nitro benzene ring substituents is 1. The molecule has 0 unspecified atom stereocenters. The number of hydrogen-bond acceptors (Lipinski definition) is 6. The van der Waals surface area contributed by atoms with Gasteiger partial charge in [-0.25, -0.2) is 4.98 Å². The Balaban J connectivity index is 1.54. The van der Waals surface area contributed by atoms with E-state index in [4.69, 9.17) is 0 Å². The lowest BCUT2D eigenvalue weighted by molar-refractivity contribution is -0.384. The molecule has 2 aliphatic heterocycles. The first-order valence-corrected chi connectivity index (χ1v) is 10.1. The van der Waals surface area contributed by atoms with Crippen LogP contribution in [0.1, 0.15) is 29.6 Å². The van der Waals surface area contributed by atoms with Crippen LogP contribution in [0.15, 0.2) is 42.6 Å². The maximum Gasteiger partial charge on any atom is 0.270 e. The van der Waals surface area contributed by atoms with Crippen molar-refractivity contribution in [3.05, 3.63) is 58.3 Å². The number of nitro groups is 1. The first-order chi connectivity index (χ1) is 14.1. The number of benzene rings is 1. The van der Waals surface area contributed by atoms with Gasteiger partial charge in [0.15, 0.2) is 0 Å². The number of nitro benzene ring substituents is 1. The molecule has 1 amide bonds. The van der Waals surface area contributed by atoms with Gasteiger partial charge >= 0.3 is 0 Å². The number of anilines is 2. The predicted molar refractivity (Wildman–Crippen MR) is 112 cm³/mol. The van der Waals surface area contributed by atoms with E-state index in [-0.39, 0.29) is 11.6 Å². The predicted octanol–water partition coefficient (Wildman–Crippen LogP) is 2.94. The van der Waals surface area contributed by atoms with Crippen molar-refractivity contribution < 1.29 is 9.72 Å². The Morgan fingerprint density at radius 3 is 2.34 bits per heavy atom. The van der Waals surface area contributed by atoms with Gasteiger partial charge in [-0.1, -0.05) is 6.07 Å². The van der Waals surface area contributed by atoms with Crippen LogP contribution >= 0.6 is 0 Å². The average molecular weight is 395 g/mol. The molecule has 0 atom stereocenters. The van der Waals surface area contributed by atoms with E-state index in [0.717, 1.165) is 37.4 Å². The molecule has 4 rings (SSSR count). The van der Waals surface area contributed by atoms with Crippen molar-refractivity contribution in [3.8, 4) is 0 Å². The fourth-order valence-corrected chi connectivity index (χ4v) is 4.07. The summed E-state index contributed by atoms with van der Waals surface area (Å²) in [6, 6.07) is 10.5. The normalized spacial score (nSPS) is 17.3. The van der Waals surface area contributed by atoms with E-state index in [1.165, 1.54) is 18.6 Å². The van der Waals surface area contributed by atoms with E-state index in [2.05, 4.69) is 14.8 Å². The molecular formula is C21H25N5O3. The van der Waals surface area contributed by atoms with Crippen LogP contribution in [-0.4, -0.2) is 60.0 Å². The average Bonchev–Trinajstić information content (AvgIpc) is 2.79. The molecule has 0 aliphatic carbocycles. The second-order valence-corrected chi connectivity index (χ2v) is 7.47. The third kappa shape index (κ3) is 4.16. The molecular weight excluding hydrogens is 370 g/mol. The van der Waals surface area contributed by atoms with Crippen LogP contribution in [0, 0.1) is 10.1 Å². The maximum absolute atomic E-state index is 13.3. The van der Waals surface area contributed by atoms with Crippen LogP contribution in [-0.2, 0) is 0 Å². The molecule has 0 N–H and O–H groups in total. The smallest absolute Gasteiger partial charge is 0.270 e. The molecule has 152 valence electrons. The van der Waals surface area contributed by atoms with E-state index in [1.807, 2.05) is 18.2 Å². The van der Waals surface area contributed by atoms with Gasteiger partial charge in [-0.05, 0) is 37.5 Å². The maximum atomic E-state index is 13.3. The monoisotopic (exact) mass is 395 g/mol. The number of hydrogen-bond donors (Lipinski definition) is 0. The Hall–Kier alpha value is -3.16. The van der Waals surface area contributed by atoms with Gasteiger partial charge in [0.25, 0.3) is 11.6 Å². The van der Waals surface area contributed by atoms with Crippen molar-refractivity contribution in [1.29, 1.82) is 0 Å². The number of amides is 1. The topological polar surface area (TPSA) is 82.8 Å². The van der Waals surface area contributed by atoms with E-state index < -0.39 is 4.92 Å².